The number of carbonyl (C=O) groups excluding carboxylic acids is 1. The van der Waals surface area contributed by atoms with Gasteiger partial charge in [-0.3, -0.25) is 4.79 Å². The third-order valence-electron chi connectivity index (χ3n) is 3.87. The molecule has 0 saturated carbocycles. The Morgan fingerprint density at radius 2 is 2.36 bits per heavy atom. The lowest BCUT2D eigenvalue weighted by Gasteiger charge is -2.24. The Morgan fingerprint density at radius 3 is 3.04 bits per heavy atom. The van der Waals surface area contributed by atoms with Gasteiger partial charge >= 0.3 is 0 Å². The predicted octanol–water partition coefficient (Wildman–Crippen LogP) is -0.239. The number of amides is 1. The van der Waals surface area contributed by atoms with Gasteiger partial charge < -0.3 is 31.0 Å². The van der Waals surface area contributed by atoms with E-state index >= 15 is 0 Å². The molecule has 1 saturated heterocycles. The third kappa shape index (κ3) is 4.22. The summed E-state index contributed by atoms with van der Waals surface area (Å²) in [4.78, 5) is 15.4. The number of imidazole rings is 1. The molecule has 3 rings (SSSR count). The fourth-order valence-corrected chi connectivity index (χ4v) is 2.48. The van der Waals surface area contributed by atoms with Crippen LogP contribution in [0, 0.1) is 6.92 Å². The minimum absolute atomic E-state index is 0.116. The first-order chi connectivity index (χ1) is 12.0. The van der Waals surface area contributed by atoms with Crippen molar-refractivity contribution in [2.75, 3.05) is 36.9 Å². The molecule has 2 aromatic rings. The number of nitrogens with one attached hydrogen (secondary N) is 3. The van der Waals surface area contributed by atoms with Crippen molar-refractivity contribution >= 4 is 23.4 Å². The number of anilines is 3. The first-order valence-electron chi connectivity index (χ1n) is 8.03. The number of aromatic nitrogens is 4. The Kier molecular flexibility index (Phi) is 5.10. The average molecular weight is 346 g/mol. The fourth-order valence-electron chi connectivity index (χ4n) is 2.48. The maximum atomic E-state index is 11.2. The van der Waals surface area contributed by atoms with Crippen LogP contribution in [0.15, 0.2) is 12.3 Å². The molecule has 0 spiro atoms. The zero-order chi connectivity index (χ0) is 17.8. The first kappa shape index (κ1) is 17.1. The molecule has 1 aliphatic rings. The van der Waals surface area contributed by atoms with Gasteiger partial charge in [0, 0.05) is 38.9 Å². The van der Waals surface area contributed by atoms with E-state index in [2.05, 4.69) is 31.1 Å². The van der Waals surface area contributed by atoms with Gasteiger partial charge in [-0.05, 0) is 6.92 Å². The van der Waals surface area contributed by atoms with E-state index < -0.39 is 5.91 Å². The molecule has 0 aromatic carbocycles. The van der Waals surface area contributed by atoms with E-state index in [1.807, 2.05) is 13.0 Å². The maximum Gasteiger partial charge on any atom is 0.268 e. The molecule has 1 amide bonds. The van der Waals surface area contributed by atoms with Crippen molar-refractivity contribution < 1.29 is 9.53 Å². The molecule has 1 aliphatic heterocycles. The zero-order valence-electron chi connectivity index (χ0n) is 14.2. The summed E-state index contributed by atoms with van der Waals surface area (Å²) in [7, 11) is 1.76. The van der Waals surface area contributed by atoms with Gasteiger partial charge in [0.1, 0.15) is 5.69 Å². The summed E-state index contributed by atoms with van der Waals surface area (Å²) in [6.45, 7) is 4.97. The van der Waals surface area contributed by atoms with Crippen LogP contribution in [0.25, 0.3) is 0 Å². The highest BCUT2D eigenvalue weighted by molar-refractivity contribution is 5.91. The first-order valence-corrected chi connectivity index (χ1v) is 8.03. The van der Waals surface area contributed by atoms with Crippen LogP contribution in [0.1, 0.15) is 16.2 Å². The van der Waals surface area contributed by atoms with E-state index in [1.165, 1.54) is 0 Å². The summed E-state index contributed by atoms with van der Waals surface area (Å²) in [5.41, 5.74) is 7.07. The lowest BCUT2D eigenvalue weighted by atomic mass is 10.2. The van der Waals surface area contributed by atoms with Crippen molar-refractivity contribution in [3.63, 3.8) is 0 Å². The van der Waals surface area contributed by atoms with Crippen LogP contribution in [0.3, 0.4) is 0 Å². The van der Waals surface area contributed by atoms with Crippen molar-refractivity contribution in [2.24, 2.45) is 12.8 Å². The number of nitrogens with zero attached hydrogens (tertiary/aromatic N) is 4. The number of ether oxygens (including phenoxy) is 1. The number of rotatable bonds is 6. The molecule has 10 heteroatoms. The van der Waals surface area contributed by atoms with Crippen molar-refractivity contribution in [1.82, 2.24) is 25.1 Å². The van der Waals surface area contributed by atoms with Crippen LogP contribution in [0.5, 0.6) is 0 Å². The summed E-state index contributed by atoms with van der Waals surface area (Å²) < 4.78 is 7.34. The summed E-state index contributed by atoms with van der Waals surface area (Å²) in [6, 6.07) is 1.84. The lowest BCUT2D eigenvalue weighted by Crippen LogP contribution is -2.42. The SMILES string of the molecule is Cc1nnc(Nc2nc(C(N)=O)cn2C)cc1NCC1CNCCO1. The summed E-state index contributed by atoms with van der Waals surface area (Å²) in [5, 5.41) is 17.9. The normalized spacial score (nSPS) is 17.3. The van der Waals surface area contributed by atoms with Gasteiger partial charge in [-0.25, -0.2) is 4.98 Å². The van der Waals surface area contributed by atoms with Gasteiger partial charge in [0.25, 0.3) is 5.91 Å². The van der Waals surface area contributed by atoms with E-state index in [-0.39, 0.29) is 11.8 Å². The maximum absolute atomic E-state index is 11.2. The van der Waals surface area contributed by atoms with Crippen LogP contribution in [0.4, 0.5) is 17.5 Å². The summed E-state index contributed by atoms with van der Waals surface area (Å²) >= 11 is 0. The highest BCUT2D eigenvalue weighted by Crippen LogP contribution is 2.19. The van der Waals surface area contributed by atoms with Gasteiger partial charge in [-0.15, -0.1) is 5.10 Å². The average Bonchev–Trinajstić information content (AvgIpc) is 2.97. The van der Waals surface area contributed by atoms with Crippen molar-refractivity contribution in [3.05, 3.63) is 23.7 Å². The molecule has 134 valence electrons. The molecule has 1 fully saturated rings. The highest BCUT2D eigenvalue weighted by atomic mass is 16.5. The second kappa shape index (κ2) is 7.45. The van der Waals surface area contributed by atoms with Gasteiger partial charge in [-0.2, -0.15) is 5.10 Å². The number of nitrogens with two attached hydrogens (primary N) is 1. The highest BCUT2D eigenvalue weighted by Gasteiger charge is 2.15. The number of morpholine rings is 1. The van der Waals surface area contributed by atoms with Gasteiger partial charge in [-0.1, -0.05) is 0 Å². The van der Waals surface area contributed by atoms with Crippen molar-refractivity contribution in [1.29, 1.82) is 0 Å². The molecule has 0 aliphatic carbocycles. The lowest BCUT2D eigenvalue weighted by molar-refractivity contribution is 0.0372. The minimum Gasteiger partial charge on any atom is -0.381 e. The van der Waals surface area contributed by atoms with Crippen LogP contribution >= 0.6 is 0 Å². The van der Waals surface area contributed by atoms with Gasteiger partial charge in [0.2, 0.25) is 5.95 Å². The Morgan fingerprint density at radius 1 is 1.52 bits per heavy atom. The van der Waals surface area contributed by atoms with Crippen molar-refractivity contribution in [3.8, 4) is 0 Å². The molecule has 25 heavy (non-hydrogen) atoms. The molecule has 5 N–H and O–H groups in total. The quantitative estimate of drug-likeness (QED) is 0.563. The van der Waals surface area contributed by atoms with Crippen LogP contribution < -0.4 is 21.7 Å². The Bertz CT molecular complexity index is 754. The standard InChI is InChI=1S/C15H22N8O2/c1-9-11(18-7-10-6-17-3-4-25-10)5-13(22-21-9)20-15-19-12(14(16)24)8-23(15)2/h5,8,10,17H,3-4,6-7H2,1-2H3,(H2,16,24)(H2,18,19,20,22). The smallest absolute Gasteiger partial charge is 0.268 e. The van der Waals surface area contributed by atoms with Crippen LogP contribution in [-0.2, 0) is 11.8 Å². The molecule has 10 nitrogen and oxygen atoms in total. The van der Waals surface area contributed by atoms with E-state index in [9.17, 15) is 4.79 Å². The molecule has 1 unspecified atom stereocenters. The monoisotopic (exact) mass is 346 g/mol. The second-order valence-corrected chi connectivity index (χ2v) is 5.86. The van der Waals surface area contributed by atoms with E-state index in [4.69, 9.17) is 10.5 Å². The second-order valence-electron chi connectivity index (χ2n) is 5.86. The summed E-state index contributed by atoms with van der Waals surface area (Å²) in [5.74, 6) is 0.389. The van der Waals surface area contributed by atoms with E-state index in [1.54, 1.807) is 17.8 Å². The van der Waals surface area contributed by atoms with Crippen molar-refractivity contribution in [2.45, 2.75) is 13.0 Å². The van der Waals surface area contributed by atoms with Crippen LogP contribution in [0.2, 0.25) is 0 Å². The molecule has 1 atom stereocenters. The summed E-state index contributed by atoms with van der Waals surface area (Å²) in [6.07, 6.45) is 1.67. The third-order valence-corrected chi connectivity index (χ3v) is 3.87. The molecule has 0 radical (unpaired) electrons. The topological polar surface area (TPSA) is 132 Å². The number of primary amides is 1. The number of hydrogen-bond donors (Lipinski definition) is 4. The number of carbonyl (C=O) groups is 1. The van der Waals surface area contributed by atoms with E-state index in [0.29, 0.717) is 24.9 Å². The molecular weight excluding hydrogens is 324 g/mol. The van der Waals surface area contributed by atoms with E-state index in [0.717, 1.165) is 24.5 Å². The Labute approximate surface area is 145 Å². The molecule has 2 aromatic heterocycles. The van der Waals surface area contributed by atoms with Gasteiger partial charge in [0.05, 0.1) is 24.1 Å². The zero-order valence-corrected chi connectivity index (χ0v) is 14.2. The Hall–Kier alpha value is -2.72. The molecule has 3 heterocycles. The number of hydrogen-bond acceptors (Lipinski definition) is 8. The fraction of sp³-hybridized carbons (Fsp3) is 0.467. The minimum atomic E-state index is -0.581. The van der Waals surface area contributed by atoms with Crippen LogP contribution in [-0.4, -0.2) is 58.0 Å². The molecular formula is C15H22N8O2. The Balaban J connectivity index is 1.69. The number of aryl methyl sites for hydroxylation is 2. The predicted molar refractivity (Wildman–Crippen MR) is 92.9 cm³/mol. The van der Waals surface area contributed by atoms with Gasteiger partial charge in [0.15, 0.2) is 5.82 Å². The largest absolute Gasteiger partial charge is 0.381 e. The molecule has 0 bridgehead atoms.